The number of isothiocyanates is 1. The van der Waals surface area contributed by atoms with Gasteiger partial charge in [0.05, 0.1) is 17.5 Å². The Morgan fingerprint density at radius 3 is 2.61 bits per heavy atom. The van der Waals surface area contributed by atoms with Gasteiger partial charge in [0.15, 0.2) is 0 Å². The molecule has 0 aliphatic carbocycles. The number of carbonyl (C=O) groups is 1. The maximum Gasteiger partial charge on any atom is 0.352 e. The highest BCUT2D eigenvalue weighted by Gasteiger charge is 2.24. The van der Waals surface area contributed by atoms with E-state index in [0.717, 1.165) is 11.1 Å². The minimum atomic E-state index is -0.810. The summed E-state index contributed by atoms with van der Waals surface area (Å²) < 4.78 is 11.0. The van der Waals surface area contributed by atoms with Crippen molar-refractivity contribution < 1.29 is 14.3 Å². The normalized spacial score (nSPS) is 11.2. The van der Waals surface area contributed by atoms with E-state index < -0.39 is 12.1 Å². The van der Waals surface area contributed by atoms with Crippen molar-refractivity contribution in [3.8, 4) is 5.75 Å². The van der Waals surface area contributed by atoms with Crippen molar-refractivity contribution in [1.82, 2.24) is 0 Å². The molecule has 0 amide bonds. The topological polar surface area (TPSA) is 47.9 Å². The van der Waals surface area contributed by atoms with Gasteiger partial charge >= 0.3 is 5.97 Å². The monoisotopic (exact) mass is 327 g/mol. The van der Waals surface area contributed by atoms with Crippen LogP contribution in [0.5, 0.6) is 5.75 Å². The van der Waals surface area contributed by atoms with E-state index >= 15 is 0 Å². The van der Waals surface area contributed by atoms with E-state index in [-0.39, 0.29) is 0 Å². The fourth-order valence-corrected chi connectivity index (χ4v) is 2.22. The molecule has 0 radical (unpaired) electrons. The molecule has 118 valence electrons. The molecule has 23 heavy (non-hydrogen) atoms. The van der Waals surface area contributed by atoms with Gasteiger partial charge in [-0.05, 0) is 49.8 Å². The third kappa shape index (κ3) is 4.49. The summed E-state index contributed by atoms with van der Waals surface area (Å²) in [6.45, 7) is 3.95. The van der Waals surface area contributed by atoms with E-state index in [9.17, 15) is 4.79 Å². The molecule has 0 aromatic heterocycles. The van der Waals surface area contributed by atoms with E-state index in [0.29, 0.717) is 18.0 Å². The highest BCUT2D eigenvalue weighted by Crippen LogP contribution is 2.29. The highest BCUT2D eigenvalue weighted by molar-refractivity contribution is 7.78. The quantitative estimate of drug-likeness (QED) is 0.448. The van der Waals surface area contributed by atoms with Crippen LogP contribution in [0.1, 0.15) is 24.2 Å². The van der Waals surface area contributed by atoms with Gasteiger partial charge in [-0.1, -0.05) is 30.3 Å². The summed E-state index contributed by atoms with van der Waals surface area (Å²) in [5.74, 6) is 0.175. The Bertz CT molecular complexity index is 724. The van der Waals surface area contributed by atoms with E-state index in [1.807, 2.05) is 43.3 Å². The molecule has 1 atom stereocenters. The molecule has 0 spiro atoms. The number of benzene rings is 2. The lowest BCUT2D eigenvalue weighted by atomic mass is 10.1. The van der Waals surface area contributed by atoms with Gasteiger partial charge in [0, 0.05) is 5.56 Å². The molecule has 0 saturated carbocycles. The summed E-state index contributed by atoms with van der Waals surface area (Å²) in [6.07, 6.45) is -0.810. The van der Waals surface area contributed by atoms with E-state index in [1.54, 1.807) is 19.1 Å². The maximum atomic E-state index is 12.2. The molecule has 1 unspecified atom stereocenters. The predicted molar refractivity (Wildman–Crippen MR) is 92.3 cm³/mol. The Morgan fingerprint density at radius 2 is 2.00 bits per heavy atom. The first-order valence-electron chi connectivity index (χ1n) is 7.22. The zero-order chi connectivity index (χ0) is 16.7. The number of esters is 1. The minimum absolute atomic E-state index is 0.298. The van der Waals surface area contributed by atoms with Crippen LogP contribution < -0.4 is 4.74 Å². The molecule has 2 aromatic rings. The molecule has 0 heterocycles. The van der Waals surface area contributed by atoms with Crippen LogP contribution in [0.3, 0.4) is 0 Å². The zero-order valence-corrected chi connectivity index (χ0v) is 13.8. The summed E-state index contributed by atoms with van der Waals surface area (Å²) in [6, 6.07) is 14.6. The molecular weight excluding hydrogens is 310 g/mol. The van der Waals surface area contributed by atoms with Crippen molar-refractivity contribution in [3.05, 3.63) is 59.7 Å². The van der Waals surface area contributed by atoms with Crippen LogP contribution in [0.15, 0.2) is 53.5 Å². The third-order valence-corrected chi connectivity index (χ3v) is 3.27. The van der Waals surface area contributed by atoms with E-state index in [2.05, 4.69) is 22.4 Å². The average molecular weight is 327 g/mol. The molecule has 0 bridgehead atoms. The van der Waals surface area contributed by atoms with Gasteiger partial charge in [0.2, 0.25) is 6.10 Å². The Balaban J connectivity index is 2.31. The summed E-state index contributed by atoms with van der Waals surface area (Å²) >= 11 is 4.60. The fraction of sp³-hybridized carbons (Fsp3) is 0.222. The van der Waals surface area contributed by atoms with Gasteiger partial charge in [-0.3, -0.25) is 0 Å². The van der Waals surface area contributed by atoms with Gasteiger partial charge in [-0.2, -0.15) is 4.99 Å². The highest BCUT2D eigenvalue weighted by atomic mass is 32.1. The largest absolute Gasteiger partial charge is 0.474 e. The van der Waals surface area contributed by atoms with Gasteiger partial charge in [0.25, 0.3) is 0 Å². The van der Waals surface area contributed by atoms with Crippen LogP contribution in [0.25, 0.3) is 0 Å². The van der Waals surface area contributed by atoms with Crippen LogP contribution in [0.2, 0.25) is 0 Å². The summed E-state index contributed by atoms with van der Waals surface area (Å²) in [5, 5.41) is 2.33. The Labute approximate surface area is 140 Å². The molecular formula is C18H17NO3S. The van der Waals surface area contributed by atoms with Crippen LogP contribution in [-0.2, 0) is 9.53 Å². The van der Waals surface area contributed by atoms with Crippen molar-refractivity contribution in [2.24, 2.45) is 4.99 Å². The number of rotatable bonds is 6. The van der Waals surface area contributed by atoms with Gasteiger partial charge in [-0.15, -0.1) is 0 Å². The average Bonchev–Trinajstić information content (AvgIpc) is 2.55. The second-order valence-electron chi connectivity index (χ2n) is 4.81. The van der Waals surface area contributed by atoms with Crippen molar-refractivity contribution >= 4 is 29.0 Å². The smallest absolute Gasteiger partial charge is 0.352 e. The van der Waals surface area contributed by atoms with Crippen molar-refractivity contribution in [2.45, 2.75) is 20.0 Å². The van der Waals surface area contributed by atoms with E-state index in [4.69, 9.17) is 9.47 Å². The predicted octanol–water partition coefficient (Wildman–Crippen LogP) is 4.41. The first kappa shape index (κ1) is 16.9. The number of carbonyl (C=O) groups excluding carboxylic acids is 1. The first-order valence-corrected chi connectivity index (χ1v) is 7.63. The molecule has 0 N–H and O–H groups in total. The summed E-state index contributed by atoms with van der Waals surface area (Å²) in [7, 11) is 0. The molecule has 5 heteroatoms. The Kier molecular flexibility index (Phi) is 6.03. The van der Waals surface area contributed by atoms with E-state index in [1.165, 1.54) is 0 Å². The van der Waals surface area contributed by atoms with Crippen LogP contribution in [-0.4, -0.2) is 17.7 Å². The number of hydrogen-bond acceptors (Lipinski definition) is 5. The molecule has 2 rings (SSSR count). The standard InChI is InChI=1S/C18H17NO3S/c1-3-21-18(20)17(14-7-5-4-6-8-14)22-16-10-9-15(19-12-23)11-13(16)2/h4-11,17H,3H2,1-2H3. The number of hydrogen-bond donors (Lipinski definition) is 0. The molecule has 0 saturated heterocycles. The first-order chi connectivity index (χ1) is 11.2. The summed E-state index contributed by atoms with van der Waals surface area (Å²) in [4.78, 5) is 16.2. The SMILES string of the molecule is CCOC(=O)C(Oc1ccc(N=C=S)cc1C)c1ccccc1. The Hall–Kier alpha value is -2.49. The number of nitrogens with zero attached hydrogens (tertiary/aromatic N) is 1. The van der Waals surface area contributed by atoms with Crippen molar-refractivity contribution in [1.29, 1.82) is 0 Å². The number of thiocarbonyl (C=S) groups is 1. The van der Waals surface area contributed by atoms with Crippen LogP contribution in [0.4, 0.5) is 5.69 Å². The maximum absolute atomic E-state index is 12.2. The number of ether oxygens (including phenoxy) is 2. The molecule has 0 fully saturated rings. The Morgan fingerprint density at radius 1 is 1.26 bits per heavy atom. The lowest BCUT2D eigenvalue weighted by Gasteiger charge is -2.19. The van der Waals surface area contributed by atoms with Crippen molar-refractivity contribution in [2.75, 3.05) is 6.61 Å². The molecule has 0 aliphatic heterocycles. The van der Waals surface area contributed by atoms with Crippen LogP contribution in [0, 0.1) is 6.92 Å². The second kappa shape index (κ2) is 8.22. The van der Waals surface area contributed by atoms with Gasteiger partial charge < -0.3 is 9.47 Å². The molecule has 2 aromatic carbocycles. The number of aryl methyl sites for hydroxylation is 1. The lowest BCUT2D eigenvalue weighted by Crippen LogP contribution is -2.21. The second-order valence-corrected chi connectivity index (χ2v) is 5.00. The third-order valence-electron chi connectivity index (χ3n) is 3.18. The lowest BCUT2D eigenvalue weighted by molar-refractivity contribution is -0.151. The van der Waals surface area contributed by atoms with Crippen LogP contribution >= 0.6 is 12.2 Å². The summed E-state index contributed by atoms with van der Waals surface area (Å²) in [5.41, 5.74) is 2.28. The zero-order valence-electron chi connectivity index (χ0n) is 13.0. The molecule has 4 nitrogen and oxygen atoms in total. The van der Waals surface area contributed by atoms with Crippen molar-refractivity contribution in [3.63, 3.8) is 0 Å². The molecule has 0 aliphatic rings. The van der Waals surface area contributed by atoms with Gasteiger partial charge in [-0.25, -0.2) is 4.79 Å². The number of aliphatic imine (C=N–C) groups is 1. The fourth-order valence-electron chi connectivity index (χ4n) is 2.11. The van der Waals surface area contributed by atoms with Gasteiger partial charge in [0.1, 0.15) is 5.75 Å². The minimum Gasteiger partial charge on any atom is -0.474 e.